The fourth-order valence-corrected chi connectivity index (χ4v) is 2.03. The first kappa shape index (κ1) is 14.3. The lowest BCUT2D eigenvalue weighted by Crippen LogP contribution is -2.22. The smallest absolute Gasteiger partial charge is 0.335 e. The number of nitrogens with zero attached hydrogens (tertiary/aromatic N) is 2. The van der Waals surface area contributed by atoms with Gasteiger partial charge in [0.25, 0.3) is 0 Å². The molecule has 1 N–H and O–H groups in total. The number of carboxylic acids is 1. The predicted molar refractivity (Wildman–Crippen MR) is 79.5 cm³/mol. The van der Waals surface area contributed by atoms with Gasteiger partial charge >= 0.3 is 5.97 Å². The number of carbonyl (C=O) groups is 1. The third kappa shape index (κ3) is 3.08. The minimum Gasteiger partial charge on any atom is -0.478 e. The largest absolute Gasteiger partial charge is 0.478 e. The van der Waals surface area contributed by atoms with Gasteiger partial charge in [-0.2, -0.15) is 0 Å². The first-order valence-electron chi connectivity index (χ1n) is 6.16. The Bertz CT molecular complexity index is 614. The monoisotopic (exact) mass is 290 g/mol. The highest BCUT2D eigenvalue weighted by molar-refractivity contribution is 6.30. The van der Waals surface area contributed by atoms with Crippen LogP contribution in [0.2, 0.25) is 5.02 Å². The summed E-state index contributed by atoms with van der Waals surface area (Å²) >= 11 is 5.88. The van der Waals surface area contributed by atoms with Crippen molar-refractivity contribution in [3.8, 4) is 0 Å². The van der Waals surface area contributed by atoms with Crippen molar-refractivity contribution < 1.29 is 9.90 Å². The molecular formula is C15H15ClN2O2. The molecule has 0 saturated heterocycles. The van der Waals surface area contributed by atoms with Crippen molar-refractivity contribution in [2.75, 3.05) is 11.9 Å². The maximum Gasteiger partial charge on any atom is 0.335 e. The van der Waals surface area contributed by atoms with E-state index in [2.05, 4.69) is 4.98 Å². The number of carboxylic acid groups (broad SMARTS) is 1. The van der Waals surface area contributed by atoms with Gasteiger partial charge in [0.2, 0.25) is 0 Å². The molecule has 0 spiro atoms. The SMILES string of the molecule is CC(c1ccc(Cl)cc1)N(C)c1cc(C(=O)O)ccn1. The third-order valence-corrected chi connectivity index (χ3v) is 3.54. The second-order valence-electron chi connectivity index (χ2n) is 4.55. The molecule has 0 saturated carbocycles. The molecule has 1 aromatic carbocycles. The van der Waals surface area contributed by atoms with E-state index in [-0.39, 0.29) is 11.6 Å². The van der Waals surface area contributed by atoms with Crippen LogP contribution in [0.3, 0.4) is 0 Å². The van der Waals surface area contributed by atoms with Crippen LogP contribution in [0.1, 0.15) is 28.9 Å². The van der Waals surface area contributed by atoms with Crippen LogP contribution < -0.4 is 4.90 Å². The van der Waals surface area contributed by atoms with E-state index in [9.17, 15) is 4.79 Å². The lowest BCUT2D eigenvalue weighted by atomic mass is 10.1. The summed E-state index contributed by atoms with van der Waals surface area (Å²) in [6, 6.07) is 10.7. The summed E-state index contributed by atoms with van der Waals surface area (Å²) in [5.74, 6) is -0.339. The summed E-state index contributed by atoms with van der Waals surface area (Å²) in [5.41, 5.74) is 1.31. The minimum atomic E-state index is -0.957. The third-order valence-electron chi connectivity index (χ3n) is 3.29. The van der Waals surface area contributed by atoms with Crippen LogP contribution in [-0.2, 0) is 0 Å². The summed E-state index contributed by atoms with van der Waals surface area (Å²) in [5, 5.41) is 9.71. The number of anilines is 1. The number of halogens is 1. The molecule has 1 unspecified atom stereocenters. The maximum atomic E-state index is 11.0. The van der Waals surface area contributed by atoms with Crippen LogP contribution in [0.25, 0.3) is 0 Å². The minimum absolute atomic E-state index is 0.0591. The van der Waals surface area contributed by atoms with Gasteiger partial charge in [0, 0.05) is 18.3 Å². The fourth-order valence-electron chi connectivity index (χ4n) is 1.91. The van der Waals surface area contributed by atoms with Crippen molar-refractivity contribution in [3.05, 3.63) is 58.7 Å². The van der Waals surface area contributed by atoms with Gasteiger partial charge in [-0.25, -0.2) is 9.78 Å². The van der Waals surface area contributed by atoms with Gasteiger partial charge in [0.1, 0.15) is 5.82 Å². The average Bonchev–Trinajstić information content (AvgIpc) is 2.46. The van der Waals surface area contributed by atoms with Crippen molar-refractivity contribution in [2.45, 2.75) is 13.0 Å². The average molecular weight is 291 g/mol. The van der Waals surface area contributed by atoms with E-state index < -0.39 is 5.97 Å². The summed E-state index contributed by atoms with van der Waals surface area (Å²) in [6.45, 7) is 2.03. The number of hydrogen-bond donors (Lipinski definition) is 1. The second kappa shape index (κ2) is 5.92. The molecule has 1 aromatic heterocycles. The molecule has 0 amide bonds. The second-order valence-corrected chi connectivity index (χ2v) is 4.98. The van der Waals surface area contributed by atoms with Crippen LogP contribution in [-0.4, -0.2) is 23.1 Å². The number of aromatic carboxylic acids is 1. The Morgan fingerprint density at radius 2 is 1.95 bits per heavy atom. The van der Waals surface area contributed by atoms with E-state index in [1.807, 2.05) is 43.1 Å². The molecule has 0 aliphatic rings. The molecule has 1 heterocycles. The molecule has 0 fully saturated rings. The van der Waals surface area contributed by atoms with E-state index in [0.717, 1.165) is 5.56 Å². The van der Waals surface area contributed by atoms with Crippen LogP contribution in [0.5, 0.6) is 0 Å². The molecule has 4 nitrogen and oxygen atoms in total. The molecule has 0 bridgehead atoms. The Kier molecular flexibility index (Phi) is 4.25. The van der Waals surface area contributed by atoms with E-state index >= 15 is 0 Å². The zero-order valence-corrected chi connectivity index (χ0v) is 12.0. The number of rotatable bonds is 4. The van der Waals surface area contributed by atoms with Crippen molar-refractivity contribution in [2.24, 2.45) is 0 Å². The Balaban J connectivity index is 2.26. The molecular weight excluding hydrogens is 276 g/mol. The molecule has 2 rings (SSSR count). The van der Waals surface area contributed by atoms with Crippen molar-refractivity contribution in [3.63, 3.8) is 0 Å². The van der Waals surface area contributed by atoms with Gasteiger partial charge in [-0.15, -0.1) is 0 Å². The molecule has 104 valence electrons. The molecule has 0 aliphatic heterocycles. The lowest BCUT2D eigenvalue weighted by molar-refractivity contribution is 0.0697. The summed E-state index contributed by atoms with van der Waals surface area (Å²) in [4.78, 5) is 17.1. The zero-order chi connectivity index (χ0) is 14.7. The van der Waals surface area contributed by atoms with E-state index in [1.54, 1.807) is 6.07 Å². The van der Waals surface area contributed by atoms with Gasteiger partial charge < -0.3 is 10.0 Å². The molecule has 0 radical (unpaired) electrons. The van der Waals surface area contributed by atoms with E-state index in [1.165, 1.54) is 12.3 Å². The summed E-state index contributed by atoms with van der Waals surface area (Å²) in [7, 11) is 1.88. The highest BCUT2D eigenvalue weighted by Gasteiger charge is 2.15. The van der Waals surface area contributed by atoms with Gasteiger partial charge in [-0.1, -0.05) is 23.7 Å². The van der Waals surface area contributed by atoms with Crippen LogP contribution in [0, 0.1) is 0 Å². The van der Waals surface area contributed by atoms with Crippen LogP contribution in [0.15, 0.2) is 42.6 Å². The van der Waals surface area contributed by atoms with Crippen LogP contribution in [0.4, 0.5) is 5.82 Å². The topological polar surface area (TPSA) is 53.4 Å². The van der Waals surface area contributed by atoms with Crippen LogP contribution >= 0.6 is 11.6 Å². The van der Waals surface area contributed by atoms with Crippen molar-refractivity contribution in [1.82, 2.24) is 4.98 Å². The Morgan fingerprint density at radius 1 is 1.30 bits per heavy atom. The Morgan fingerprint density at radius 3 is 2.55 bits per heavy atom. The van der Waals surface area contributed by atoms with Gasteiger partial charge in [-0.3, -0.25) is 0 Å². The molecule has 20 heavy (non-hydrogen) atoms. The summed E-state index contributed by atoms with van der Waals surface area (Å²) < 4.78 is 0. The van der Waals surface area contributed by atoms with Gasteiger partial charge in [0.05, 0.1) is 11.6 Å². The Hall–Kier alpha value is -2.07. The maximum absolute atomic E-state index is 11.0. The first-order valence-corrected chi connectivity index (χ1v) is 6.54. The van der Waals surface area contributed by atoms with Crippen molar-refractivity contribution in [1.29, 1.82) is 0 Å². The normalized spacial score (nSPS) is 11.9. The van der Waals surface area contributed by atoms with Gasteiger partial charge in [0.15, 0.2) is 0 Å². The van der Waals surface area contributed by atoms with Crippen molar-refractivity contribution >= 4 is 23.4 Å². The number of hydrogen-bond acceptors (Lipinski definition) is 3. The molecule has 2 aromatic rings. The number of aromatic nitrogens is 1. The quantitative estimate of drug-likeness (QED) is 0.934. The first-order chi connectivity index (χ1) is 9.49. The summed E-state index contributed by atoms with van der Waals surface area (Å²) in [6.07, 6.45) is 1.50. The molecule has 1 atom stereocenters. The van der Waals surface area contributed by atoms with E-state index in [0.29, 0.717) is 10.8 Å². The highest BCUT2D eigenvalue weighted by Crippen LogP contribution is 2.25. The zero-order valence-electron chi connectivity index (χ0n) is 11.2. The molecule has 0 aliphatic carbocycles. The predicted octanol–water partition coefficient (Wildman–Crippen LogP) is 3.63. The highest BCUT2D eigenvalue weighted by atomic mass is 35.5. The number of benzene rings is 1. The number of pyridine rings is 1. The fraction of sp³-hybridized carbons (Fsp3) is 0.200. The van der Waals surface area contributed by atoms with Gasteiger partial charge in [-0.05, 0) is 36.8 Å². The van der Waals surface area contributed by atoms with E-state index in [4.69, 9.17) is 16.7 Å². The molecule has 5 heteroatoms. The Labute approximate surface area is 122 Å². The lowest BCUT2D eigenvalue weighted by Gasteiger charge is -2.26. The standard InChI is InChI=1S/C15H15ClN2O2/c1-10(11-3-5-13(16)6-4-11)18(2)14-9-12(15(19)20)7-8-17-14/h3-10H,1-2H3,(H,19,20).